The molecule has 5 nitrogen and oxygen atoms in total. The predicted molar refractivity (Wildman–Crippen MR) is 175 cm³/mol. The fourth-order valence-electron chi connectivity index (χ4n) is 5.73. The third-order valence-corrected chi connectivity index (χ3v) is 8.37. The van der Waals surface area contributed by atoms with Gasteiger partial charge in [0.15, 0.2) is 0 Å². The molecular formula is C36H53F3N4O. The summed E-state index contributed by atoms with van der Waals surface area (Å²) >= 11 is 0. The number of alkyl halides is 3. The summed E-state index contributed by atoms with van der Waals surface area (Å²) in [6, 6.07) is 11.3. The van der Waals surface area contributed by atoms with E-state index in [9.17, 15) is 18.0 Å². The minimum absolute atomic E-state index is 0.0240. The van der Waals surface area contributed by atoms with Gasteiger partial charge in [-0.25, -0.2) is 8.78 Å². The SMILES string of the molecule is CCC.CCCCCCC.CCc1cc2c(c(C(F)F)c1)CN(c1cccc(C3(Cc4nncn4C)CCC3)c1)C2=O.CF. The number of rotatable bonds is 10. The van der Waals surface area contributed by atoms with Gasteiger partial charge >= 0.3 is 0 Å². The molecule has 0 unspecified atom stereocenters. The molecule has 0 N–H and O–H groups in total. The molecule has 1 amide bonds. The van der Waals surface area contributed by atoms with E-state index in [-0.39, 0.29) is 23.4 Å². The lowest BCUT2D eigenvalue weighted by Crippen LogP contribution is -2.37. The van der Waals surface area contributed by atoms with Crippen LogP contribution in [-0.4, -0.2) is 27.8 Å². The van der Waals surface area contributed by atoms with Gasteiger partial charge in [-0.15, -0.1) is 10.2 Å². The van der Waals surface area contributed by atoms with Crippen molar-refractivity contribution in [2.75, 3.05) is 12.1 Å². The number of unbranched alkanes of at least 4 members (excludes halogenated alkanes) is 4. The Hall–Kier alpha value is -3.16. The average Bonchev–Trinajstić information content (AvgIpc) is 3.58. The molecule has 244 valence electrons. The van der Waals surface area contributed by atoms with Crippen molar-refractivity contribution in [1.29, 1.82) is 0 Å². The first-order valence-electron chi connectivity index (χ1n) is 16.3. The van der Waals surface area contributed by atoms with Crippen molar-refractivity contribution < 1.29 is 18.0 Å². The number of halogens is 3. The van der Waals surface area contributed by atoms with E-state index in [0.29, 0.717) is 24.7 Å². The van der Waals surface area contributed by atoms with Crippen molar-refractivity contribution in [1.82, 2.24) is 14.8 Å². The van der Waals surface area contributed by atoms with Crippen LogP contribution in [0.2, 0.25) is 0 Å². The fourth-order valence-corrected chi connectivity index (χ4v) is 5.73. The largest absolute Gasteiger partial charge is 0.321 e. The van der Waals surface area contributed by atoms with Crippen LogP contribution in [0.5, 0.6) is 0 Å². The Bertz CT molecular complexity index is 1280. The minimum atomic E-state index is -2.60. The molecule has 0 bridgehead atoms. The lowest BCUT2D eigenvalue weighted by Gasteiger charge is -2.42. The lowest BCUT2D eigenvalue weighted by molar-refractivity contribution is 0.0996. The molecule has 3 aromatic rings. The Morgan fingerprint density at radius 3 is 2.11 bits per heavy atom. The molecule has 0 atom stereocenters. The number of aryl methyl sites for hydroxylation is 2. The second kappa shape index (κ2) is 18.6. The van der Waals surface area contributed by atoms with Gasteiger partial charge in [0.1, 0.15) is 12.2 Å². The van der Waals surface area contributed by atoms with Crippen LogP contribution in [-0.2, 0) is 31.8 Å². The molecule has 0 radical (unpaired) electrons. The highest BCUT2D eigenvalue weighted by molar-refractivity contribution is 6.10. The minimum Gasteiger partial charge on any atom is -0.321 e. The summed E-state index contributed by atoms with van der Waals surface area (Å²) in [6.45, 7) is 10.8. The zero-order valence-electron chi connectivity index (χ0n) is 27.9. The summed E-state index contributed by atoms with van der Waals surface area (Å²) in [4.78, 5) is 14.9. The van der Waals surface area contributed by atoms with Crippen molar-refractivity contribution in [2.24, 2.45) is 7.05 Å². The maximum atomic E-state index is 13.7. The standard InChI is InChI=1S/C25H26F2N4O.C7H16.C3H8.CH3F/c1-3-16-10-19(23(26)27)21-14-31(24(32)20(21)11-16)18-7-4-6-17(12-18)25(8-5-9-25)13-22-29-28-15-30(22)2;1-3-5-7-6-4-2;1-3-2;1-2/h4,6-7,10-12,15,23H,3,5,8-9,13-14H2,1-2H3;3-7H2,1-2H3;3H2,1-2H3;1H3. The summed E-state index contributed by atoms with van der Waals surface area (Å²) in [5, 5.41) is 8.27. The average molecular weight is 615 g/mol. The molecule has 2 aromatic carbocycles. The quantitative estimate of drug-likeness (QED) is 0.214. The third-order valence-electron chi connectivity index (χ3n) is 8.37. The van der Waals surface area contributed by atoms with Crippen molar-refractivity contribution in [2.45, 2.75) is 124 Å². The molecule has 1 saturated carbocycles. The highest BCUT2D eigenvalue weighted by atomic mass is 19.3. The molecule has 1 aliphatic heterocycles. The van der Waals surface area contributed by atoms with Crippen LogP contribution in [0, 0.1) is 0 Å². The number of hydrogen-bond acceptors (Lipinski definition) is 3. The Morgan fingerprint density at radius 2 is 1.61 bits per heavy atom. The molecule has 0 spiro atoms. The topological polar surface area (TPSA) is 51.0 Å². The summed E-state index contributed by atoms with van der Waals surface area (Å²) in [6.07, 6.45) is 12.0. The fraction of sp³-hybridized carbons (Fsp3) is 0.583. The van der Waals surface area contributed by atoms with E-state index < -0.39 is 6.43 Å². The number of fused-ring (bicyclic) bond motifs is 1. The van der Waals surface area contributed by atoms with Crippen LogP contribution in [0.4, 0.5) is 18.9 Å². The zero-order chi connectivity index (χ0) is 32.7. The predicted octanol–water partition coefficient (Wildman–Crippen LogP) is 10.1. The van der Waals surface area contributed by atoms with Gasteiger partial charge < -0.3 is 9.47 Å². The maximum Gasteiger partial charge on any atom is 0.264 e. The number of amides is 1. The van der Waals surface area contributed by atoms with E-state index >= 15 is 0 Å². The lowest BCUT2D eigenvalue weighted by atomic mass is 9.62. The van der Waals surface area contributed by atoms with Gasteiger partial charge in [-0.2, -0.15) is 0 Å². The van der Waals surface area contributed by atoms with E-state index in [4.69, 9.17) is 0 Å². The summed E-state index contributed by atoms with van der Waals surface area (Å²) in [5.41, 5.74) is 3.48. The van der Waals surface area contributed by atoms with E-state index in [0.717, 1.165) is 48.3 Å². The van der Waals surface area contributed by atoms with Crippen molar-refractivity contribution in [3.8, 4) is 0 Å². The molecule has 0 saturated heterocycles. The van der Waals surface area contributed by atoms with Crippen molar-refractivity contribution in [3.63, 3.8) is 0 Å². The second-order valence-corrected chi connectivity index (χ2v) is 11.7. The molecule has 2 heterocycles. The van der Waals surface area contributed by atoms with E-state index in [1.54, 1.807) is 23.4 Å². The number of benzene rings is 2. The summed E-state index contributed by atoms with van der Waals surface area (Å²) < 4.78 is 38.9. The molecule has 1 aliphatic carbocycles. The first-order chi connectivity index (χ1) is 21.2. The molecule has 5 rings (SSSR count). The van der Waals surface area contributed by atoms with Crippen LogP contribution in [0.3, 0.4) is 0 Å². The smallest absolute Gasteiger partial charge is 0.264 e. The zero-order valence-corrected chi connectivity index (χ0v) is 27.9. The number of aromatic nitrogens is 3. The van der Waals surface area contributed by atoms with Gasteiger partial charge in [-0.1, -0.05) is 91.7 Å². The van der Waals surface area contributed by atoms with Gasteiger partial charge in [-0.05, 0) is 60.2 Å². The Kier molecular flexibility index (Phi) is 15.7. The second-order valence-electron chi connectivity index (χ2n) is 11.7. The Balaban J connectivity index is 0.000000485. The van der Waals surface area contributed by atoms with Crippen LogP contribution in [0.1, 0.15) is 137 Å². The third kappa shape index (κ3) is 9.18. The van der Waals surface area contributed by atoms with Gasteiger partial charge in [0, 0.05) is 35.7 Å². The molecule has 2 aliphatic rings. The van der Waals surface area contributed by atoms with Crippen molar-refractivity contribution in [3.05, 3.63) is 76.4 Å². The van der Waals surface area contributed by atoms with Crippen molar-refractivity contribution >= 4 is 11.6 Å². The number of carbonyl (C=O) groups excluding carboxylic acids is 1. The molecule has 8 heteroatoms. The number of hydrogen-bond donors (Lipinski definition) is 0. The molecular weight excluding hydrogens is 561 g/mol. The highest BCUT2D eigenvalue weighted by Crippen LogP contribution is 2.47. The first-order valence-corrected chi connectivity index (χ1v) is 16.3. The Labute approximate surface area is 263 Å². The van der Waals surface area contributed by atoms with Gasteiger partial charge in [0.2, 0.25) is 0 Å². The summed E-state index contributed by atoms with van der Waals surface area (Å²) in [7, 11) is 2.45. The van der Waals surface area contributed by atoms with E-state index in [1.807, 2.05) is 30.7 Å². The molecule has 1 aromatic heterocycles. The highest BCUT2D eigenvalue weighted by Gasteiger charge is 2.41. The van der Waals surface area contributed by atoms with Gasteiger partial charge in [-0.3, -0.25) is 9.18 Å². The molecule has 44 heavy (non-hydrogen) atoms. The van der Waals surface area contributed by atoms with Gasteiger partial charge in [0.05, 0.1) is 13.7 Å². The van der Waals surface area contributed by atoms with E-state index in [2.05, 4.69) is 50.0 Å². The number of carbonyl (C=O) groups is 1. The van der Waals surface area contributed by atoms with Crippen LogP contribution < -0.4 is 4.90 Å². The van der Waals surface area contributed by atoms with Crippen LogP contribution >= 0.6 is 0 Å². The van der Waals surface area contributed by atoms with Crippen LogP contribution in [0.25, 0.3) is 0 Å². The monoisotopic (exact) mass is 614 g/mol. The first kappa shape index (κ1) is 37.0. The molecule has 1 fully saturated rings. The normalized spacial score (nSPS) is 14.4. The Morgan fingerprint density at radius 1 is 0.955 bits per heavy atom. The van der Waals surface area contributed by atoms with Gasteiger partial charge in [0.25, 0.3) is 12.3 Å². The van der Waals surface area contributed by atoms with E-state index in [1.165, 1.54) is 38.5 Å². The number of nitrogens with zero attached hydrogens (tertiary/aromatic N) is 4. The number of anilines is 1. The van der Waals surface area contributed by atoms with Crippen LogP contribution in [0.15, 0.2) is 42.7 Å². The maximum absolute atomic E-state index is 13.7. The summed E-state index contributed by atoms with van der Waals surface area (Å²) in [5.74, 6) is 0.735.